The summed E-state index contributed by atoms with van der Waals surface area (Å²) in [5.74, 6) is -0.0878. The molecule has 6 heteroatoms. The van der Waals surface area contributed by atoms with Gasteiger partial charge < -0.3 is 10.5 Å². The fourth-order valence-corrected chi connectivity index (χ4v) is 2.34. The molecular weight excluding hydrogens is 312 g/mol. The number of anilines is 1. The Balaban J connectivity index is 2.19. The summed E-state index contributed by atoms with van der Waals surface area (Å²) in [6.45, 7) is 0.127. The lowest BCUT2D eigenvalue weighted by Gasteiger charge is -2.11. The Kier molecular flexibility index (Phi) is 4.40. The number of benzene rings is 2. The third-order valence-corrected chi connectivity index (χ3v) is 3.32. The van der Waals surface area contributed by atoms with Crippen molar-refractivity contribution in [2.24, 2.45) is 0 Å². The van der Waals surface area contributed by atoms with Gasteiger partial charge in [-0.05, 0) is 24.3 Å². The molecule has 0 aliphatic carbocycles. The van der Waals surface area contributed by atoms with E-state index in [-0.39, 0.29) is 11.6 Å². The summed E-state index contributed by atoms with van der Waals surface area (Å²) in [4.78, 5) is 0. The second kappa shape index (κ2) is 5.87. The number of rotatable bonds is 3. The molecule has 0 heterocycles. The number of nitrogens with two attached hydrogens (primary N) is 1. The lowest BCUT2D eigenvalue weighted by Crippen LogP contribution is -1.98. The highest BCUT2D eigenvalue weighted by atomic mass is 35.5. The van der Waals surface area contributed by atoms with Crippen molar-refractivity contribution in [3.8, 4) is 5.75 Å². The molecule has 0 radical (unpaired) electrons. The van der Waals surface area contributed by atoms with Crippen LogP contribution in [0.25, 0.3) is 0 Å². The second-order valence-corrected chi connectivity index (χ2v) is 5.06. The highest BCUT2D eigenvalue weighted by Gasteiger charge is 2.10. The number of nitrogen functional groups attached to an aromatic ring is 1. The first-order valence-corrected chi connectivity index (χ1v) is 6.42. The average molecular weight is 321 g/mol. The van der Waals surface area contributed by atoms with E-state index in [1.807, 2.05) is 0 Å². The summed E-state index contributed by atoms with van der Waals surface area (Å²) < 4.78 is 18.4. The van der Waals surface area contributed by atoms with E-state index in [1.54, 1.807) is 0 Å². The zero-order valence-corrected chi connectivity index (χ0v) is 11.9. The molecule has 0 saturated carbocycles. The summed E-state index contributed by atoms with van der Waals surface area (Å²) in [5, 5.41) is 0.897. The van der Waals surface area contributed by atoms with Gasteiger partial charge in [0.2, 0.25) is 0 Å². The van der Waals surface area contributed by atoms with Gasteiger partial charge in [-0.3, -0.25) is 0 Å². The molecule has 0 aliphatic heterocycles. The first kappa shape index (κ1) is 14.3. The highest BCUT2D eigenvalue weighted by Crippen LogP contribution is 2.35. The minimum Gasteiger partial charge on any atom is -0.486 e. The predicted molar refractivity (Wildman–Crippen MR) is 76.6 cm³/mol. The van der Waals surface area contributed by atoms with Crippen molar-refractivity contribution < 1.29 is 9.13 Å². The van der Waals surface area contributed by atoms with Crippen molar-refractivity contribution in [3.63, 3.8) is 0 Å². The lowest BCUT2D eigenvalue weighted by atomic mass is 10.2. The van der Waals surface area contributed by atoms with E-state index in [1.165, 1.54) is 30.3 Å². The maximum absolute atomic E-state index is 12.9. The second-order valence-electron chi connectivity index (χ2n) is 3.84. The van der Waals surface area contributed by atoms with Crippen molar-refractivity contribution in [1.82, 2.24) is 0 Å². The van der Waals surface area contributed by atoms with E-state index in [9.17, 15) is 4.39 Å². The number of hydrogen-bond donors (Lipinski definition) is 1. The Bertz CT molecular complexity index is 596. The Morgan fingerprint density at radius 3 is 2.21 bits per heavy atom. The molecule has 19 heavy (non-hydrogen) atoms. The molecule has 0 bridgehead atoms. The number of halogens is 4. The van der Waals surface area contributed by atoms with Crippen LogP contribution in [0.1, 0.15) is 5.56 Å². The van der Waals surface area contributed by atoms with Gasteiger partial charge in [0.05, 0.1) is 15.1 Å². The molecule has 0 unspecified atom stereocenters. The Labute approximate surface area is 124 Å². The van der Waals surface area contributed by atoms with E-state index >= 15 is 0 Å². The quantitative estimate of drug-likeness (QED) is 0.812. The van der Waals surface area contributed by atoms with Crippen molar-refractivity contribution in [2.75, 3.05) is 5.73 Å². The van der Waals surface area contributed by atoms with Gasteiger partial charge in [-0.15, -0.1) is 0 Å². The van der Waals surface area contributed by atoms with Crippen LogP contribution in [-0.2, 0) is 6.61 Å². The van der Waals surface area contributed by atoms with Crippen LogP contribution in [0, 0.1) is 5.82 Å². The molecular formula is C13H9Cl3FNO. The third kappa shape index (κ3) is 3.44. The lowest BCUT2D eigenvalue weighted by molar-refractivity contribution is 0.306. The summed E-state index contributed by atoms with van der Waals surface area (Å²) in [5.41, 5.74) is 6.67. The molecule has 2 N–H and O–H groups in total. The molecule has 0 aromatic heterocycles. The van der Waals surface area contributed by atoms with Gasteiger partial charge in [0.15, 0.2) is 5.75 Å². The smallest absolute Gasteiger partial charge is 0.157 e. The fourth-order valence-electron chi connectivity index (χ4n) is 1.51. The van der Waals surface area contributed by atoms with Gasteiger partial charge in [0.25, 0.3) is 0 Å². The van der Waals surface area contributed by atoms with Gasteiger partial charge in [-0.25, -0.2) is 4.39 Å². The van der Waals surface area contributed by atoms with Crippen molar-refractivity contribution >= 4 is 40.5 Å². The average Bonchev–Trinajstić information content (AvgIpc) is 2.30. The topological polar surface area (TPSA) is 35.2 Å². The summed E-state index contributed by atoms with van der Waals surface area (Å²) >= 11 is 17.9. The van der Waals surface area contributed by atoms with Crippen LogP contribution in [0.15, 0.2) is 30.3 Å². The molecule has 0 saturated heterocycles. The SMILES string of the molecule is Nc1cc(Cl)c(OCc2ccc(F)cc2Cl)c(Cl)c1. The molecule has 0 amide bonds. The third-order valence-electron chi connectivity index (χ3n) is 2.41. The zero-order valence-electron chi connectivity index (χ0n) is 9.59. The van der Waals surface area contributed by atoms with E-state index in [4.69, 9.17) is 45.3 Å². The zero-order chi connectivity index (χ0) is 14.0. The van der Waals surface area contributed by atoms with E-state index < -0.39 is 5.82 Å². The highest BCUT2D eigenvalue weighted by molar-refractivity contribution is 6.37. The maximum atomic E-state index is 12.9. The van der Waals surface area contributed by atoms with Gasteiger partial charge in [0, 0.05) is 11.3 Å². The minimum absolute atomic E-state index is 0.127. The normalized spacial score (nSPS) is 10.5. The fraction of sp³-hybridized carbons (Fsp3) is 0.0769. The minimum atomic E-state index is -0.405. The van der Waals surface area contributed by atoms with Crippen LogP contribution in [0.2, 0.25) is 15.1 Å². The first-order valence-electron chi connectivity index (χ1n) is 5.28. The van der Waals surface area contributed by atoms with Crippen LogP contribution < -0.4 is 10.5 Å². The molecule has 100 valence electrons. The molecule has 0 spiro atoms. The standard InChI is InChI=1S/C13H9Cl3FNO/c14-10-3-8(17)2-1-7(10)6-19-13-11(15)4-9(18)5-12(13)16/h1-5H,6,18H2. The molecule has 2 nitrogen and oxygen atoms in total. The van der Waals surface area contributed by atoms with Crippen LogP contribution in [0.4, 0.5) is 10.1 Å². The molecule has 0 fully saturated rings. The largest absolute Gasteiger partial charge is 0.486 e. The van der Waals surface area contributed by atoms with Gasteiger partial charge in [0.1, 0.15) is 12.4 Å². The Morgan fingerprint density at radius 2 is 1.63 bits per heavy atom. The van der Waals surface area contributed by atoms with Gasteiger partial charge in [-0.1, -0.05) is 40.9 Å². The van der Waals surface area contributed by atoms with E-state index in [0.717, 1.165) is 0 Å². The van der Waals surface area contributed by atoms with Crippen molar-refractivity contribution in [2.45, 2.75) is 6.61 Å². The maximum Gasteiger partial charge on any atom is 0.157 e. The summed E-state index contributed by atoms with van der Waals surface area (Å²) in [6, 6.07) is 7.13. The van der Waals surface area contributed by atoms with Crippen LogP contribution in [0.5, 0.6) is 5.75 Å². The van der Waals surface area contributed by atoms with E-state index in [0.29, 0.717) is 27.0 Å². The predicted octanol–water partition coefficient (Wildman–Crippen LogP) is 4.95. The molecule has 0 atom stereocenters. The van der Waals surface area contributed by atoms with Crippen LogP contribution in [0.3, 0.4) is 0 Å². The van der Waals surface area contributed by atoms with E-state index in [2.05, 4.69) is 0 Å². The van der Waals surface area contributed by atoms with Crippen molar-refractivity contribution in [1.29, 1.82) is 0 Å². The van der Waals surface area contributed by atoms with Gasteiger partial charge >= 0.3 is 0 Å². The number of hydrogen-bond acceptors (Lipinski definition) is 2. The Hall–Kier alpha value is -1.16. The van der Waals surface area contributed by atoms with Crippen LogP contribution >= 0.6 is 34.8 Å². The Morgan fingerprint density at radius 1 is 1.00 bits per heavy atom. The summed E-state index contributed by atoms with van der Waals surface area (Å²) in [7, 11) is 0. The molecule has 2 aromatic carbocycles. The molecule has 2 aromatic rings. The summed E-state index contributed by atoms with van der Waals surface area (Å²) in [6.07, 6.45) is 0. The van der Waals surface area contributed by atoms with Crippen LogP contribution in [-0.4, -0.2) is 0 Å². The van der Waals surface area contributed by atoms with Gasteiger partial charge in [-0.2, -0.15) is 0 Å². The number of ether oxygens (including phenoxy) is 1. The first-order chi connectivity index (χ1) is 8.97. The monoisotopic (exact) mass is 319 g/mol. The molecule has 0 aliphatic rings. The van der Waals surface area contributed by atoms with Crippen molar-refractivity contribution in [3.05, 3.63) is 56.8 Å². The molecule has 2 rings (SSSR count).